The maximum Gasteiger partial charge on any atom is 0.227 e. The van der Waals surface area contributed by atoms with Gasteiger partial charge in [-0.25, -0.2) is 4.98 Å². The molecule has 2 heterocycles. The Morgan fingerprint density at radius 2 is 1.78 bits per heavy atom. The molecule has 2 aromatic heterocycles. The van der Waals surface area contributed by atoms with Crippen molar-refractivity contribution in [3.8, 4) is 0 Å². The number of H-pyrrole nitrogens is 1. The summed E-state index contributed by atoms with van der Waals surface area (Å²) < 4.78 is 0. The predicted molar refractivity (Wildman–Crippen MR) is 140 cm³/mol. The number of carbonyl (C=O) groups excluding carboxylic acids is 1. The van der Waals surface area contributed by atoms with Crippen LogP contribution in [0.4, 0.5) is 17.6 Å². The fourth-order valence-corrected chi connectivity index (χ4v) is 5.80. The van der Waals surface area contributed by atoms with Crippen molar-refractivity contribution in [3.63, 3.8) is 0 Å². The average Bonchev–Trinajstić information content (AvgIpc) is 3.51. The first-order valence-corrected chi connectivity index (χ1v) is 13.3. The maximum absolute atomic E-state index is 12.9. The van der Waals surface area contributed by atoms with Crippen molar-refractivity contribution < 1.29 is 4.79 Å². The summed E-state index contributed by atoms with van der Waals surface area (Å²) in [6.07, 6.45) is 10.2. The van der Waals surface area contributed by atoms with E-state index in [1.54, 1.807) is 6.20 Å². The standard InChI is InChI=1S/C28H35N7O/c1-35(28-29-13-12-25(32-28)31-26-16-24(33-34-26)19-6-7-19)23-10-8-20(9-11-23)27(36)30-17-18-14-21-4-2-3-5-22(21)15-18/h2-5,12-13,16,18-20,23H,6-11,14-15,17H2,1H3,(H,30,36)(H2,29,31,32,33,34)/t20-,23-. The minimum atomic E-state index is 0.104. The minimum absolute atomic E-state index is 0.104. The van der Waals surface area contributed by atoms with E-state index < -0.39 is 0 Å². The smallest absolute Gasteiger partial charge is 0.227 e. The Hall–Kier alpha value is -3.42. The van der Waals surface area contributed by atoms with Crippen LogP contribution in [0, 0.1) is 11.8 Å². The zero-order valence-electron chi connectivity index (χ0n) is 20.9. The van der Waals surface area contributed by atoms with E-state index in [0.29, 0.717) is 23.8 Å². The number of nitrogens with zero attached hydrogens (tertiary/aromatic N) is 4. The Labute approximate surface area is 212 Å². The van der Waals surface area contributed by atoms with E-state index in [1.807, 2.05) is 6.07 Å². The highest BCUT2D eigenvalue weighted by molar-refractivity contribution is 5.78. The number of amides is 1. The van der Waals surface area contributed by atoms with Crippen LogP contribution in [0.1, 0.15) is 61.3 Å². The number of fused-ring (bicyclic) bond motifs is 1. The van der Waals surface area contributed by atoms with Gasteiger partial charge in [-0.05, 0) is 74.5 Å². The van der Waals surface area contributed by atoms with Crippen molar-refractivity contribution in [1.82, 2.24) is 25.5 Å². The third-order valence-corrected chi connectivity index (χ3v) is 8.15. The van der Waals surface area contributed by atoms with Crippen LogP contribution < -0.4 is 15.5 Å². The number of aromatic nitrogens is 4. The van der Waals surface area contributed by atoms with E-state index in [0.717, 1.165) is 56.7 Å². The fraction of sp³-hybridized carbons (Fsp3) is 0.500. The summed E-state index contributed by atoms with van der Waals surface area (Å²) in [6.45, 7) is 0.777. The number of hydrogen-bond acceptors (Lipinski definition) is 6. The van der Waals surface area contributed by atoms with Crippen molar-refractivity contribution in [2.45, 2.75) is 63.3 Å². The third-order valence-electron chi connectivity index (χ3n) is 8.15. The predicted octanol–water partition coefficient (Wildman–Crippen LogP) is 4.35. The Morgan fingerprint density at radius 1 is 1.03 bits per heavy atom. The first-order valence-electron chi connectivity index (χ1n) is 13.3. The second-order valence-electron chi connectivity index (χ2n) is 10.8. The number of hydrogen-bond donors (Lipinski definition) is 3. The molecule has 0 saturated heterocycles. The van der Waals surface area contributed by atoms with Crippen LogP contribution >= 0.6 is 0 Å². The first kappa shape index (κ1) is 23.0. The molecule has 2 fully saturated rings. The van der Waals surface area contributed by atoms with E-state index in [1.165, 1.54) is 29.7 Å². The van der Waals surface area contributed by atoms with E-state index in [4.69, 9.17) is 4.98 Å². The highest BCUT2D eigenvalue weighted by Gasteiger charge is 2.30. The summed E-state index contributed by atoms with van der Waals surface area (Å²) in [4.78, 5) is 24.3. The summed E-state index contributed by atoms with van der Waals surface area (Å²) >= 11 is 0. The van der Waals surface area contributed by atoms with Crippen LogP contribution in [-0.4, -0.2) is 45.7 Å². The van der Waals surface area contributed by atoms with Gasteiger partial charge in [-0.1, -0.05) is 24.3 Å². The molecule has 3 aromatic rings. The second kappa shape index (κ2) is 9.91. The number of carbonyl (C=O) groups is 1. The molecule has 2 saturated carbocycles. The number of benzene rings is 1. The molecule has 3 aliphatic rings. The van der Waals surface area contributed by atoms with Crippen molar-refractivity contribution in [3.05, 3.63) is 59.4 Å². The van der Waals surface area contributed by atoms with E-state index in [-0.39, 0.29) is 11.8 Å². The molecule has 0 radical (unpaired) electrons. The van der Waals surface area contributed by atoms with Crippen molar-refractivity contribution in [2.75, 3.05) is 23.8 Å². The Balaban J connectivity index is 0.980. The molecule has 3 aliphatic carbocycles. The van der Waals surface area contributed by atoms with Gasteiger partial charge in [0.2, 0.25) is 11.9 Å². The molecule has 36 heavy (non-hydrogen) atoms. The SMILES string of the molecule is CN(c1nccc(Nc2cc(C3CC3)[nH]n2)n1)[C@H]1CC[C@H](C(=O)NCC2Cc3ccccc3C2)CC1. The largest absolute Gasteiger partial charge is 0.356 e. The summed E-state index contributed by atoms with van der Waals surface area (Å²) in [6, 6.07) is 12.9. The average molecular weight is 486 g/mol. The molecule has 0 unspecified atom stereocenters. The zero-order chi connectivity index (χ0) is 24.5. The van der Waals surface area contributed by atoms with E-state index >= 15 is 0 Å². The van der Waals surface area contributed by atoms with Gasteiger partial charge in [0.15, 0.2) is 5.82 Å². The molecule has 0 aliphatic heterocycles. The highest BCUT2D eigenvalue weighted by atomic mass is 16.1. The molecule has 3 N–H and O–H groups in total. The van der Waals surface area contributed by atoms with Crippen LogP contribution in [0.3, 0.4) is 0 Å². The molecule has 8 nitrogen and oxygen atoms in total. The highest BCUT2D eigenvalue weighted by Crippen LogP contribution is 2.39. The topological polar surface area (TPSA) is 98.8 Å². The third kappa shape index (κ3) is 5.08. The van der Waals surface area contributed by atoms with Crippen molar-refractivity contribution in [2.24, 2.45) is 11.8 Å². The van der Waals surface area contributed by atoms with Gasteiger partial charge in [-0.3, -0.25) is 9.89 Å². The molecule has 0 spiro atoms. The maximum atomic E-state index is 12.9. The molecular formula is C28H35N7O. The molecule has 6 rings (SSSR count). The Kier molecular flexibility index (Phi) is 6.34. The molecular weight excluding hydrogens is 450 g/mol. The van der Waals surface area contributed by atoms with Crippen LogP contribution in [0.2, 0.25) is 0 Å². The quantitative estimate of drug-likeness (QED) is 0.439. The van der Waals surface area contributed by atoms with Crippen LogP contribution in [0.15, 0.2) is 42.6 Å². The Bertz CT molecular complexity index is 1190. The van der Waals surface area contributed by atoms with Gasteiger partial charge in [-0.15, -0.1) is 0 Å². The molecule has 8 heteroatoms. The molecule has 0 bridgehead atoms. The lowest BCUT2D eigenvalue weighted by Crippen LogP contribution is -2.41. The van der Waals surface area contributed by atoms with Crippen molar-refractivity contribution >= 4 is 23.5 Å². The molecule has 1 aromatic carbocycles. The number of nitrogens with one attached hydrogen (secondary N) is 3. The number of aromatic amines is 1. The normalized spacial score (nSPS) is 21.7. The van der Waals surface area contributed by atoms with Gasteiger partial charge >= 0.3 is 0 Å². The summed E-state index contributed by atoms with van der Waals surface area (Å²) in [5, 5.41) is 14.0. The number of anilines is 3. The van der Waals surface area contributed by atoms with Crippen LogP contribution in [0.5, 0.6) is 0 Å². The van der Waals surface area contributed by atoms with Gasteiger partial charge in [0.1, 0.15) is 5.82 Å². The van der Waals surface area contributed by atoms with Gasteiger partial charge in [0, 0.05) is 49.4 Å². The molecule has 1 amide bonds. The number of rotatable bonds is 8. The van der Waals surface area contributed by atoms with E-state index in [2.05, 4.69) is 68.1 Å². The van der Waals surface area contributed by atoms with Gasteiger partial charge in [-0.2, -0.15) is 10.1 Å². The minimum Gasteiger partial charge on any atom is -0.356 e. The first-order chi connectivity index (χ1) is 17.6. The van der Waals surface area contributed by atoms with Crippen LogP contribution in [-0.2, 0) is 17.6 Å². The van der Waals surface area contributed by atoms with Gasteiger partial charge in [0.25, 0.3) is 0 Å². The lowest BCUT2D eigenvalue weighted by molar-refractivity contribution is -0.126. The lowest BCUT2D eigenvalue weighted by atomic mass is 9.85. The van der Waals surface area contributed by atoms with Gasteiger partial charge < -0.3 is 15.5 Å². The summed E-state index contributed by atoms with van der Waals surface area (Å²) in [5.41, 5.74) is 4.07. The monoisotopic (exact) mass is 485 g/mol. The second-order valence-corrected chi connectivity index (χ2v) is 10.8. The zero-order valence-corrected chi connectivity index (χ0v) is 20.9. The molecule has 0 atom stereocenters. The van der Waals surface area contributed by atoms with Crippen LogP contribution in [0.25, 0.3) is 0 Å². The summed E-state index contributed by atoms with van der Waals surface area (Å²) in [7, 11) is 2.06. The fourth-order valence-electron chi connectivity index (χ4n) is 5.80. The lowest BCUT2D eigenvalue weighted by Gasteiger charge is -2.34. The Morgan fingerprint density at radius 3 is 2.50 bits per heavy atom. The van der Waals surface area contributed by atoms with E-state index in [9.17, 15) is 4.79 Å². The van der Waals surface area contributed by atoms with Gasteiger partial charge in [0.05, 0.1) is 0 Å². The summed E-state index contributed by atoms with van der Waals surface area (Å²) in [5.74, 6) is 3.71. The molecule has 188 valence electrons. The van der Waals surface area contributed by atoms with Crippen molar-refractivity contribution in [1.29, 1.82) is 0 Å².